The standard InChI is InChI=1S/C27H29Cl2N5O3S/c1-17(2)25(26(31)35)33-27(34-38(36,37)22-14-12-21(29)13-15-22)32-16-23(18-6-4-3-5-7-18)24(30)19-8-10-20(28)11-9-19/h3-15,17,23,25,30H,16H2,1-2H3,(H2,31,35)(H2,32,33,34)/t23-,25-/m1/s1. The van der Waals surface area contributed by atoms with Crippen molar-refractivity contribution in [2.75, 3.05) is 6.54 Å². The number of nitrogens with zero attached hydrogens (tertiary/aromatic N) is 1. The third kappa shape index (κ3) is 7.80. The van der Waals surface area contributed by atoms with Crippen molar-refractivity contribution in [3.63, 3.8) is 0 Å². The molecule has 0 aliphatic rings. The van der Waals surface area contributed by atoms with Crippen LogP contribution >= 0.6 is 23.2 Å². The smallest absolute Gasteiger partial charge is 0.285 e. The van der Waals surface area contributed by atoms with Crippen molar-refractivity contribution in [3.05, 3.63) is 100 Å². The fourth-order valence-corrected chi connectivity index (χ4v) is 4.90. The van der Waals surface area contributed by atoms with E-state index in [-0.39, 0.29) is 29.0 Å². The lowest BCUT2D eigenvalue weighted by Crippen LogP contribution is -2.52. The first-order valence-electron chi connectivity index (χ1n) is 11.8. The largest absolute Gasteiger partial charge is 0.368 e. The number of hydrogen-bond acceptors (Lipinski definition) is 4. The molecule has 5 N–H and O–H groups in total. The Hall–Kier alpha value is -3.40. The van der Waals surface area contributed by atoms with Gasteiger partial charge in [-0.15, -0.1) is 4.40 Å². The Balaban J connectivity index is 1.98. The predicted molar refractivity (Wildman–Crippen MR) is 152 cm³/mol. The molecule has 3 aromatic rings. The minimum Gasteiger partial charge on any atom is -0.368 e. The summed E-state index contributed by atoms with van der Waals surface area (Å²) < 4.78 is 30.1. The minimum atomic E-state index is -4.18. The summed E-state index contributed by atoms with van der Waals surface area (Å²) in [5.41, 5.74) is 7.34. The van der Waals surface area contributed by atoms with Gasteiger partial charge >= 0.3 is 0 Å². The van der Waals surface area contributed by atoms with E-state index < -0.39 is 27.9 Å². The summed E-state index contributed by atoms with van der Waals surface area (Å²) in [4.78, 5) is 12.0. The molecule has 0 fully saturated rings. The number of halogens is 2. The zero-order chi connectivity index (χ0) is 27.9. The van der Waals surface area contributed by atoms with E-state index >= 15 is 0 Å². The van der Waals surface area contributed by atoms with Crippen LogP contribution in [-0.2, 0) is 14.8 Å². The zero-order valence-electron chi connectivity index (χ0n) is 20.9. The topological polar surface area (TPSA) is 138 Å². The summed E-state index contributed by atoms with van der Waals surface area (Å²) in [6.07, 6.45) is 0. The molecule has 0 radical (unpaired) electrons. The number of benzene rings is 3. The third-order valence-electron chi connectivity index (χ3n) is 5.77. The van der Waals surface area contributed by atoms with Crippen LogP contribution in [0.5, 0.6) is 0 Å². The van der Waals surface area contributed by atoms with Gasteiger partial charge in [0.2, 0.25) is 11.9 Å². The molecule has 1 amide bonds. The number of carbonyl (C=O) groups excluding carboxylic acids is 1. The molecular weight excluding hydrogens is 545 g/mol. The molecule has 0 unspecified atom stereocenters. The number of amides is 1. The Morgan fingerprint density at radius 2 is 1.50 bits per heavy atom. The lowest BCUT2D eigenvalue weighted by atomic mass is 9.90. The van der Waals surface area contributed by atoms with E-state index in [1.807, 2.05) is 30.3 Å². The second kappa shape index (κ2) is 12.9. The highest BCUT2D eigenvalue weighted by Crippen LogP contribution is 2.22. The summed E-state index contributed by atoms with van der Waals surface area (Å²) in [5, 5.41) is 15.7. The molecule has 0 aliphatic carbocycles. The SMILES string of the molecule is CC(C)[C@@H](N/C(=N/S(=O)(=O)c1ccc(Cl)cc1)NC[C@@H](C(=N)c1ccc(Cl)cc1)c1ccccc1)C(N)=O. The highest BCUT2D eigenvalue weighted by Gasteiger charge is 2.25. The quantitative estimate of drug-likeness (QED) is 0.208. The number of guanidine groups is 1. The molecule has 0 aliphatic heterocycles. The van der Waals surface area contributed by atoms with E-state index in [2.05, 4.69) is 15.0 Å². The molecule has 0 bridgehead atoms. The van der Waals surface area contributed by atoms with Gasteiger partial charge in [-0.05, 0) is 53.4 Å². The Labute approximate surface area is 232 Å². The summed E-state index contributed by atoms with van der Waals surface area (Å²) in [7, 11) is -4.18. The molecular formula is C27H29Cl2N5O3S. The maximum atomic E-state index is 13.1. The number of nitrogens with one attached hydrogen (secondary N) is 3. The van der Waals surface area contributed by atoms with Gasteiger partial charge in [0.05, 0.1) is 4.90 Å². The van der Waals surface area contributed by atoms with Gasteiger partial charge in [-0.2, -0.15) is 8.42 Å². The lowest BCUT2D eigenvalue weighted by Gasteiger charge is -2.24. The lowest BCUT2D eigenvalue weighted by molar-refractivity contribution is -0.120. The van der Waals surface area contributed by atoms with Gasteiger partial charge < -0.3 is 21.8 Å². The van der Waals surface area contributed by atoms with Crippen LogP contribution < -0.4 is 16.4 Å². The Bertz CT molecular complexity index is 1390. The second-order valence-corrected chi connectivity index (χ2v) is 11.4. The second-order valence-electron chi connectivity index (χ2n) is 8.90. The van der Waals surface area contributed by atoms with Crippen molar-refractivity contribution in [2.24, 2.45) is 16.0 Å². The van der Waals surface area contributed by atoms with E-state index in [9.17, 15) is 13.2 Å². The molecule has 11 heteroatoms. The van der Waals surface area contributed by atoms with Crippen molar-refractivity contribution in [1.82, 2.24) is 10.6 Å². The van der Waals surface area contributed by atoms with E-state index in [1.165, 1.54) is 24.3 Å². The number of primary amides is 1. The van der Waals surface area contributed by atoms with E-state index in [1.54, 1.807) is 38.1 Å². The highest BCUT2D eigenvalue weighted by molar-refractivity contribution is 7.90. The predicted octanol–water partition coefficient (Wildman–Crippen LogP) is 4.58. The summed E-state index contributed by atoms with van der Waals surface area (Å²) in [6.45, 7) is 3.64. The molecule has 3 rings (SSSR count). The monoisotopic (exact) mass is 573 g/mol. The number of rotatable bonds is 10. The number of hydrogen-bond donors (Lipinski definition) is 4. The van der Waals surface area contributed by atoms with Crippen LogP contribution in [-0.4, -0.2) is 38.6 Å². The Kier molecular flexibility index (Phi) is 9.90. The maximum absolute atomic E-state index is 13.1. The first kappa shape index (κ1) is 29.2. The summed E-state index contributed by atoms with van der Waals surface area (Å²) in [6, 6.07) is 20.9. The van der Waals surface area contributed by atoms with Crippen LogP contribution in [0, 0.1) is 11.3 Å². The van der Waals surface area contributed by atoms with Crippen molar-refractivity contribution in [2.45, 2.75) is 30.7 Å². The van der Waals surface area contributed by atoms with Crippen molar-refractivity contribution in [3.8, 4) is 0 Å². The van der Waals surface area contributed by atoms with Gasteiger partial charge in [0, 0.05) is 28.2 Å². The molecule has 0 saturated carbocycles. The van der Waals surface area contributed by atoms with Gasteiger partial charge in [0.25, 0.3) is 10.0 Å². The molecule has 38 heavy (non-hydrogen) atoms. The van der Waals surface area contributed by atoms with E-state index in [4.69, 9.17) is 34.3 Å². The van der Waals surface area contributed by atoms with Gasteiger partial charge in [0.1, 0.15) is 6.04 Å². The van der Waals surface area contributed by atoms with Crippen LogP contribution in [0.1, 0.15) is 30.9 Å². The minimum absolute atomic E-state index is 0.0725. The van der Waals surface area contributed by atoms with Crippen molar-refractivity contribution >= 4 is 50.8 Å². The number of nitrogens with two attached hydrogens (primary N) is 1. The summed E-state index contributed by atoms with van der Waals surface area (Å²) in [5.74, 6) is -1.57. The summed E-state index contributed by atoms with van der Waals surface area (Å²) >= 11 is 11.9. The van der Waals surface area contributed by atoms with Gasteiger partial charge in [-0.25, -0.2) is 0 Å². The van der Waals surface area contributed by atoms with Gasteiger partial charge in [0.15, 0.2) is 0 Å². The first-order chi connectivity index (χ1) is 18.0. The molecule has 0 spiro atoms. The molecule has 2 atom stereocenters. The van der Waals surface area contributed by atoms with Crippen LogP contribution in [0.3, 0.4) is 0 Å². The van der Waals surface area contributed by atoms with Crippen LogP contribution in [0.4, 0.5) is 0 Å². The zero-order valence-corrected chi connectivity index (χ0v) is 23.2. The average Bonchev–Trinajstić information content (AvgIpc) is 2.87. The van der Waals surface area contributed by atoms with Gasteiger partial charge in [-0.3, -0.25) is 4.79 Å². The Morgan fingerprint density at radius 1 is 0.947 bits per heavy atom. The fraction of sp³-hybridized carbons (Fsp3) is 0.222. The molecule has 0 aromatic heterocycles. The average molecular weight is 575 g/mol. The molecule has 8 nitrogen and oxygen atoms in total. The number of carbonyl (C=O) groups is 1. The van der Waals surface area contributed by atoms with Crippen LogP contribution in [0.15, 0.2) is 88.2 Å². The highest BCUT2D eigenvalue weighted by atomic mass is 35.5. The van der Waals surface area contributed by atoms with Crippen molar-refractivity contribution < 1.29 is 13.2 Å². The van der Waals surface area contributed by atoms with Crippen molar-refractivity contribution in [1.29, 1.82) is 5.41 Å². The normalized spacial score (nSPS) is 13.6. The molecule has 200 valence electrons. The Morgan fingerprint density at radius 3 is 2.03 bits per heavy atom. The van der Waals surface area contributed by atoms with Crippen LogP contribution in [0.2, 0.25) is 10.0 Å². The molecule has 0 saturated heterocycles. The number of sulfonamides is 1. The molecule has 3 aromatic carbocycles. The third-order valence-corrected chi connectivity index (χ3v) is 7.56. The molecule has 0 heterocycles. The van der Waals surface area contributed by atoms with E-state index in [0.29, 0.717) is 15.6 Å². The maximum Gasteiger partial charge on any atom is 0.285 e. The van der Waals surface area contributed by atoms with E-state index in [0.717, 1.165) is 5.56 Å². The van der Waals surface area contributed by atoms with Crippen LogP contribution in [0.25, 0.3) is 0 Å². The fourth-order valence-electron chi connectivity index (χ4n) is 3.70. The van der Waals surface area contributed by atoms with Gasteiger partial charge in [-0.1, -0.05) is 79.5 Å². The first-order valence-corrected chi connectivity index (χ1v) is 14.0.